The lowest BCUT2D eigenvalue weighted by Crippen LogP contribution is -2.20. The average Bonchev–Trinajstić information content (AvgIpc) is 1.82. The summed E-state index contributed by atoms with van der Waals surface area (Å²) in [5, 5.41) is 0. The van der Waals surface area contributed by atoms with Gasteiger partial charge in [-0.1, -0.05) is 19.2 Å². The summed E-state index contributed by atoms with van der Waals surface area (Å²) in [6.07, 6.45) is 2.81. The maximum atomic E-state index is 12.1. The SMILES string of the molecule is C=C/C=C(/NN)C(=C)F. The first kappa shape index (κ1) is 7.91. The van der Waals surface area contributed by atoms with E-state index in [1.165, 1.54) is 12.2 Å². The Morgan fingerprint density at radius 3 is 2.33 bits per heavy atom. The van der Waals surface area contributed by atoms with Gasteiger partial charge < -0.3 is 5.43 Å². The molecular formula is C6H9FN2. The van der Waals surface area contributed by atoms with Gasteiger partial charge in [0.15, 0.2) is 0 Å². The van der Waals surface area contributed by atoms with Crippen LogP contribution >= 0.6 is 0 Å². The molecule has 0 saturated carbocycles. The minimum atomic E-state index is -0.600. The first-order chi connectivity index (χ1) is 4.22. The highest BCUT2D eigenvalue weighted by molar-refractivity contribution is 5.23. The van der Waals surface area contributed by atoms with E-state index in [4.69, 9.17) is 5.84 Å². The van der Waals surface area contributed by atoms with Crippen LogP contribution in [0.1, 0.15) is 0 Å². The van der Waals surface area contributed by atoms with Crippen LogP contribution in [-0.2, 0) is 0 Å². The molecule has 0 unspecified atom stereocenters. The van der Waals surface area contributed by atoms with Crippen LogP contribution in [0, 0.1) is 0 Å². The number of halogens is 1. The van der Waals surface area contributed by atoms with E-state index in [0.717, 1.165) is 0 Å². The zero-order valence-electron chi connectivity index (χ0n) is 5.02. The van der Waals surface area contributed by atoms with Gasteiger partial charge in [0.25, 0.3) is 0 Å². The van der Waals surface area contributed by atoms with Crippen molar-refractivity contribution in [3.8, 4) is 0 Å². The molecule has 0 aliphatic carbocycles. The van der Waals surface area contributed by atoms with Crippen molar-refractivity contribution in [2.75, 3.05) is 0 Å². The monoisotopic (exact) mass is 128 g/mol. The number of nitrogens with one attached hydrogen (secondary N) is 1. The van der Waals surface area contributed by atoms with Crippen LogP contribution in [0.2, 0.25) is 0 Å². The molecule has 0 amide bonds. The highest BCUT2D eigenvalue weighted by atomic mass is 19.1. The Hall–Kier alpha value is -1.09. The summed E-state index contributed by atoms with van der Waals surface area (Å²) in [5.41, 5.74) is 2.26. The van der Waals surface area contributed by atoms with Gasteiger partial charge in [-0.2, -0.15) is 0 Å². The number of hydrazine groups is 1. The summed E-state index contributed by atoms with van der Waals surface area (Å²) in [5.74, 6) is 4.29. The zero-order chi connectivity index (χ0) is 7.28. The molecule has 0 radical (unpaired) electrons. The average molecular weight is 128 g/mol. The molecule has 3 N–H and O–H groups in total. The van der Waals surface area contributed by atoms with E-state index >= 15 is 0 Å². The van der Waals surface area contributed by atoms with Gasteiger partial charge >= 0.3 is 0 Å². The summed E-state index contributed by atoms with van der Waals surface area (Å²) in [6.45, 7) is 6.37. The molecular weight excluding hydrogens is 119 g/mol. The van der Waals surface area contributed by atoms with Crippen molar-refractivity contribution in [1.29, 1.82) is 0 Å². The smallest absolute Gasteiger partial charge is 0.140 e. The lowest BCUT2D eigenvalue weighted by Gasteiger charge is -1.98. The lowest BCUT2D eigenvalue weighted by molar-refractivity contribution is 0.630. The van der Waals surface area contributed by atoms with Crippen LogP contribution in [-0.4, -0.2) is 0 Å². The predicted molar refractivity (Wildman–Crippen MR) is 35.9 cm³/mol. The van der Waals surface area contributed by atoms with Crippen LogP contribution < -0.4 is 11.3 Å². The Balaban J connectivity index is 4.14. The van der Waals surface area contributed by atoms with Gasteiger partial charge in [-0.3, -0.25) is 5.84 Å². The maximum Gasteiger partial charge on any atom is 0.140 e. The van der Waals surface area contributed by atoms with Gasteiger partial charge in [0.1, 0.15) is 5.83 Å². The van der Waals surface area contributed by atoms with Gasteiger partial charge in [0, 0.05) is 0 Å². The summed E-state index contributed by atoms with van der Waals surface area (Å²) >= 11 is 0. The van der Waals surface area contributed by atoms with Crippen LogP contribution in [0.15, 0.2) is 36.8 Å². The van der Waals surface area contributed by atoms with Gasteiger partial charge in [-0.25, -0.2) is 4.39 Å². The molecule has 50 valence electrons. The quantitative estimate of drug-likeness (QED) is 0.338. The molecule has 9 heavy (non-hydrogen) atoms. The fraction of sp³-hybridized carbons (Fsp3) is 0. The summed E-state index contributed by atoms with van der Waals surface area (Å²) in [6, 6.07) is 0. The third-order valence-electron chi connectivity index (χ3n) is 0.732. The number of hydrogen-bond donors (Lipinski definition) is 2. The molecule has 3 heteroatoms. The summed E-state index contributed by atoms with van der Waals surface area (Å²) < 4.78 is 12.1. The Morgan fingerprint density at radius 1 is 1.67 bits per heavy atom. The Morgan fingerprint density at radius 2 is 2.22 bits per heavy atom. The zero-order valence-corrected chi connectivity index (χ0v) is 5.02. The molecule has 0 fully saturated rings. The minimum Gasteiger partial charge on any atom is -0.322 e. The normalized spacial score (nSPS) is 10.7. The van der Waals surface area contributed by atoms with E-state index in [2.05, 4.69) is 18.6 Å². The van der Waals surface area contributed by atoms with E-state index in [9.17, 15) is 4.39 Å². The molecule has 0 atom stereocenters. The van der Waals surface area contributed by atoms with Crippen LogP contribution in [0.25, 0.3) is 0 Å². The maximum absolute atomic E-state index is 12.1. The number of rotatable bonds is 3. The fourth-order valence-corrected chi connectivity index (χ4v) is 0.335. The Kier molecular flexibility index (Phi) is 3.39. The fourth-order valence-electron chi connectivity index (χ4n) is 0.335. The Bertz CT molecular complexity index is 149. The number of allylic oxidation sites excluding steroid dienone is 3. The number of nitrogens with two attached hydrogens (primary N) is 1. The second-order valence-corrected chi connectivity index (χ2v) is 1.37. The first-order valence-electron chi connectivity index (χ1n) is 2.36. The van der Waals surface area contributed by atoms with E-state index in [0.29, 0.717) is 0 Å². The van der Waals surface area contributed by atoms with Gasteiger partial charge in [0.2, 0.25) is 0 Å². The molecule has 0 rings (SSSR count). The summed E-state index contributed by atoms with van der Waals surface area (Å²) in [4.78, 5) is 0. The highest BCUT2D eigenvalue weighted by Crippen LogP contribution is 2.02. The first-order valence-corrected chi connectivity index (χ1v) is 2.36. The molecule has 0 spiro atoms. The van der Waals surface area contributed by atoms with E-state index in [1.807, 2.05) is 0 Å². The van der Waals surface area contributed by atoms with Crippen LogP contribution in [0.4, 0.5) is 4.39 Å². The second kappa shape index (κ2) is 3.86. The Labute approximate surface area is 53.5 Å². The van der Waals surface area contributed by atoms with E-state index < -0.39 is 5.83 Å². The van der Waals surface area contributed by atoms with Gasteiger partial charge in [0.05, 0.1) is 5.70 Å². The predicted octanol–water partition coefficient (Wildman–Crippen LogP) is 1.00. The molecule has 0 aliphatic heterocycles. The molecule has 0 bridgehead atoms. The molecule has 2 nitrogen and oxygen atoms in total. The summed E-state index contributed by atoms with van der Waals surface area (Å²) in [7, 11) is 0. The van der Waals surface area contributed by atoms with Crippen LogP contribution in [0.3, 0.4) is 0 Å². The second-order valence-electron chi connectivity index (χ2n) is 1.37. The molecule has 0 aromatic rings. The number of hydrogen-bond acceptors (Lipinski definition) is 2. The van der Waals surface area contributed by atoms with Crippen molar-refractivity contribution >= 4 is 0 Å². The van der Waals surface area contributed by atoms with Crippen molar-refractivity contribution in [2.24, 2.45) is 5.84 Å². The van der Waals surface area contributed by atoms with Crippen molar-refractivity contribution in [3.05, 3.63) is 36.8 Å². The third kappa shape index (κ3) is 2.66. The van der Waals surface area contributed by atoms with Crippen molar-refractivity contribution in [2.45, 2.75) is 0 Å². The van der Waals surface area contributed by atoms with Gasteiger partial charge in [-0.15, -0.1) is 0 Å². The minimum absolute atomic E-state index is 0.144. The molecule has 0 aliphatic rings. The standard InChI is InChI=1S/C6H9FN2/c1-3-4-6(9-8)5(2)7/h3-4,9H,1-2,8H2/b6-4+. The highest BCUT2D eigenvalue weighted by Gasteiger charge is 1.94. The molecule has 0 heterocycles. The topological polar surface area (TPSA) is 38.0 Å². The van der Waals surface area contributed by atoms with Crippen molar-refractivity contribution < 1.29 is 4.39 Å². The van der Waals surface area contributed by atoms with Crippen molar-refractivity contribution in [3.63, 3.8) is 0 Å². The van der Waals surface area contributed by atoms with Crippen molar-refractivity contribution in [1.82, 2.24) is 5.43 Å². The molecule has 0 saturated heterocycles. The largest absolute Gasteiger partial charge is 0.322 e. The molecule has 0 aromatic heterocycles. The lowest BCUT2D eigenvalue weighted by atomic mass is 10.4. The molecule has 0 aromatic carbocycles. The van der Waals surface area contributed by atoms with Crippen LogP contribution in [0.5, 0.6) is 0 Å². The third-order valence-corrected chi connectivity index (χ3v) is 0.732. The van der Waals surface area contributed by atoms with E-state index in [-0.39, 0.29) is 5.70 Å². The van der Waals surface area contributed by atoms with Gasteiger partial charge in [-0.05, 0) is 6.08 Å². The van der Waals surface area contributed by atoms with E-state index in [1.54, 1.807) is 0 Å².